The maximum atomic E-state index is 9.68. The van der Waals surface area contributed by atoms with E-state index in [0.29, 0.717) is 23.2 Å². The number of nitrogens with zero attached hydrogens (tertiary/aromatic N) is 7. The van der Waals surface area contributed by atoms with E-state index < -0.39 is 0 Å². The molecule has 9 nitrogen and oxygen atoms in total. The van der Waals surface area contributed by atoms with E-state index in [-0.39, 0.29) is 0 Å². The smallest absolute Gasteiger partial charge is 0.128 e. The van der Waals surface area contributed by atoms with Crippen LogP contribution in [0.5, 0.6) is 0 Å². The molecule has 3 aliphatic rings. The van der Waals surface area contributed by atoms with Crippen LogP contribution in [-0.2, 0) is 0 Å². The minimum Gasteiger partial charge on any atom is -0.393 e. The molecule has 192 valence electrons. The summed E-state index contributed by atoms with van der Waals surface area (Å²) >= 11 is 0. The minimum absolute atomic E-state index is 0.475. The minimum atomic E-state index is 0.475. The molecule has 7 rings (SSSR count). The third-order valence-electron chi connectivity index (χ3n) is 7.39. The van der Waals surface area contributed by atoms with E-state index in [4.69, 9.17) is 10.4 Å². The van der Waals surface area contributed by atoms with Gasteiger partial charge in [-0.25, -0.2) is 14.5 Å². The fourth-order valence-electron chi connectivity index (χ4n) is 5.47. The number of nitrogens with one attached hydrogen (secondary N) is 2. The number of pyridine rings is 3. The highest BCUT2D eigenvalue weighted by Gasteiger charge is 2.44. The number of nitriles is 1. The Labute approximate surface area is 226 Å². The topological polar surface area (TPSA) is 109 Å². The van der Waals surface area contributed by atoms with Gasteiger partial charge in [0.1, 0.15) is 17.6 Å². The summed E-state index contributed by atoms with van der Waals surface area (Å²) in [6, 6.07) is 15.1. The second-order valence-electron chi connectivity index (χ2n) is 9.68. The Balaban J connectivity index is 1.22. The molecule has 3 saturated heterocycles. The third kappa shape index (κ3) is 4.61. The molecule has 2 unspecified atom stereocenters. The van der Waals surface area contributed by atoms with E-state index in [9.17, 15) is 5.26 Å². The van der Waals surface area contributed by atoms with Crippen molar-refractivity contribution < 1.29 is 0 Å². The average Bonchev–Trinajstić information content (AvgIpc) is 3.41. The van der Waals surface area contributed by atoms with Gasteiger partial charge in [-0.2, -0.15) is 10.4 Å². The normalized spacial score (nSPS) is 18.6. The molecule has 2 bridgehead atoms. The summed E-state index contributed by atoms with van der Waals surface area (Å²) in [6.45, 7) is 2.60. The highest BCUT2D eigenvalue weighted by Crippen LogP contribution is 2.35. The molecule has 0 aromatic carbocycles. The molecule has 0 aliphatic carbocycles. The molecule has 2 N–H and O–H groups in total. The zero-order valence-electron chi connectivity index (χ0n) is 21.5. The molecule has 0 amide bonds. The van der Waals surface area contributed by atoms with Crippen molar-refractivity contribution in [3.63, 3.8) is 0 Å². The molecule has 9 heteroatoms. The monoisotopic (exact) mass is 513 g/mol. The molecule has 39 heavy (non-hydrogen) atoms. The van der Waals surface area contributed by atoms with Crippen LogP contribution in [-0.4, -0.2) is 69.5 Å². The first-order valence-electron chi connectivity index (χ1n) is 12.8. The van der Waals surface area contributed by atoms with Crippen LogP contribution in [0.2, 0.25) is 0 Å². The van der Waals surface area contributed by atoms with Crippen molar-refractivity contribution in [1.29, 1.82) is 10.7 Å². The van der Waals surface area contributed by atoms with E-state index in [1.807, 2.05) is 36.7 Å². The van der Waals surface area contributed by atoms with Gasteiger partial charge in [0.15, 0.2) is 0 Å². The van der Waals surface area contributed by atoms with Crippen LogP contribution >= 0.6 is 0 Å². The molecule has 7 heterocycles. The zero-order chi connectivity index (χ0) is 26.8. The standard InChI is InChI=1S/C30H27N9/c1-33-15-23(13-31)22-11-28(30-24(14-32)17-36-39(30)18-22)21-7-8-29(35-16-21)37-19-26-12-27(20-37)38(26)10-4-6-25-5-2-3-9-34-25/h2-3,5,7-9,11,13,15-18,26-27,31,33H,10,12,19-20H2,1H3/b23-15+,31-13?. The van der Waals surface area contributed by atoms with Crippen molar-refractivity contribution in [3.05, 3.63) is 84.2 Å². The van der Waals surface area contributed by atoms with Crippen molar-refractivity contribution in [3.8, 4) is 29.0 Å². The van der Waals surface area contributed by atoms with Gasteiger partial charge < -0.3 is 15.6 Å². The SMILES string of the molecule is CN/C=C(\C=N)c1cc(-c2ccc(N3CC4CC(C3)N4CC#Cc3ccccn3)nc2)c2c(C#N)cnn2c1. The first-order chi connectivity index (χ1) is 19.2. The fourth-order valence-corrected chi connectivity index (χ4v) is 5.47. The lowest BCUT2D eigenvalue weighted by atomic mass is 9.87. The maximum absolute atomic E-state index is 9.68. The number of anilines is 1. The van der Waals surface area contributed by atoms with Crippen LogP contribution in [0.3, 0.4) is 0 Å². The quantitative estimate of drug-likeness (QED) is 0.301. The molecular formula is C30H27N9. The highest BCUT2D eigenvalue weighted by molar-refractivity contribution is 6.08. The van der Waals surface area contributed by atoms with Crippen molar-refractivity contribution >= 4 is 23.1 Å². The van der Waals surface area contributed by atoms with Crippen LogP contribution in [0.1, 0.15) is 23.2 Å². The van der Waals surface area contributed by atoms with Gasteiger partial charge in [0.25, 0.3) is 0 Å². The van der Waals surface area contributed by atoms with Crippen LogP contribution < -0.4 is 10.2 Å². The number of piperazine rings is 1. The first kappa shape index (κ1) is 24.4. The summed E-state index contributed by atoms with van der Waals surface area (Å²) in [5.41, 5.74) is 5.31. The highest BCUT2D eigenvalue weighted by atomic mass is 15.4. The number of hydrogen-bond donors (Lipinski definition) is 2. The van der Waals surface area contributed by atoms with E-state index in [1.165, 1.54) is 12.6 Å². The third-order valence-corrected chi connectivity index (χ3v) is 7.39. The largest absolute Gasteiger partial charge is 0.393 e. The summed E-state index contributed by atoms with van der Waals surface area (Å²) in [5.74, 6) is 7.40. The van der Waals surface area contributed by atoms with E-state index in [1.54, 1.807) is 30.2 Å². The molecule has 3 aliphatic heterocycles. The summed E-state index contributed by atoms with van der Waals surface area (Å²) < 4.78 is 1.70. The van der Waals surface area contributed by atoms with Crippen molar-refractivity contribution in [1.82, 2.24) is 29.8 Å². The number of hydrogen-bond acceptors (Lipinski definition) is 8. The molecule has 3 fully saturated rings. The summed E-state index contributed by atoms with van der Waals surface area (Å²) in [6.07, 6.45) is 11.3. The Hall–Kier alpha value is -4.99. The van der Waals surface area contributed by atoms with Gasteiger partial charge in [-0.1, -0.05) is 12.0 Å². The molecule has 0 radical (unpaired) electrons. The second kappa shape index (κ2) is 10.4. The van der Waals surface area contributed by atoms with Crippen LogP contribution in [0.25, 0.3) is 22.2 Å². The van der Waals surface area contributed by atoms with Gasteiger partial charge in [0.05, 0.1) is 23.8 Å². The molecule has 0 spiro atoms. The predicted molar refractivity (Wildman–Crippen MR) is 151 cm³/mol. The maximum Gasteiger partial charge on any atom is 0.128 e. The average molecular weight is 514 g/mol. The van der Waals surface area contributed by atoms with Gasteiger partial charge >= 0.3 is 0 Å². The Morgan fingerprint density at radius 3 is 2.74 bits per heavy atom. The van der Waals surface area contributed by atoms with Crippen molar-refractivity contribution in [2.75, 3.05) is 31.6 Å². The number of rotatable bonds is 6. The van der Waals surface area contributed by atoms with Crippen LogP contribution in [0, 0.1) is 28.6 Å². The predicted octanol–water partition coefficient (Wildman–Crippen LogP) is 3.19. The van der Waals surface area contributed by atoms with E-state index >= 15 is 0 Å². The van der Waals surface area contributed by atoms with E-state index in [2.05, 4.69) is 55.2 Å². The Morgan fingerprint density at radius 2 is 2.05 bits per heavy atom. The Morgan fingerprint density at radius 1 is 1.18 bits per heavy atom. The Kier molecular flexibility index (Phi) is 6.50. The van der Waals surface area contributed by atoms with Gasteiger partial charge in [-0.3, -0.25) is 4.90 Å². The van der Waals surface area contributed by atoms with Crippen LogP contribution in [0.15, 0.2) is 67.4 Å². The summed E-state index contributed by atoms with van der Waals surface area (Å²) in [4.78, 5) is 13.9. The first-order valence-corrected chi connectivity index (χ1v) is 12.8. The van der Waals surface area contributed by atoms with E-state index in [0.717, 1.165) is 53.4 Å². The lowest BCUT2D eigenvalue weighted by Crippen LogP contribution is -2.68. The van der Waals surface area contributed by atoms with Gasteiger partial charge in [0.2, 0.25) is 0 Å². The van der Waals surface area contributed by atoms with Crippen molar-refractivity contribution in [2.24, 2.45) is 0 Å². The van der Waals surface area contributed by atoms with Gasteiger partial charge in [0, 0.05) is 85.5 Å². The number of allylic oxidation sites excluding steroid dienone is 1. The number of aromatic nitrogens is 4. The summed E-state index contributed by atoms with van der Waals surface area (Å²) in [7, 11) is 1.80. The van der Waals surface area contributed by atoms with Gasteiger partial charge in [-0.05, 0) is 42.7 Å². The summed E-state index contributed by atoms with van der Waals surface area (Å²) in [5, 5.41) is 24.9. The zero-order valence-corrected chi connectivity index (χ0v) is 21.5. The molecule has 2 atom stereocenters. The van der Waals surface area contributed by atoms with Crippen LogP contribution in [0.4, 0.5) is 5.82 Å². The lowest BCUT2D eigenvalue weighted by Gasteiger charge is -2.56. The number of piperidine rings is 1. The second-order valence-corrected chi connectivity index (χ2v) is 9.68. The van der Waals surface area contributed by atoms with Gasteiger partial charge in [-0.15, -0.1) is 0 Å². The molecule has 4 aromatic rings. The lowest BCUT2D eigenvalue weighted by molar-refractivity contribution is 0.0125. The molecule has 4 aromatic heterocycles. The molecule has 0 saturated carbocycles. The molecular weight excluding hydrogens is 486 g/mol. The van der Waals surface area contributed by atoms with Crippen molar-refractivity contribution in [2.45, 2.75) is 18.5 Å². The number of fused-ring (bicyclic) bond motifs is 3. The fraction of sp³-hybridized carbons (Fsp3) is 0.233. The Bertz CT molecular complexity index is 1640.